The van der Waals surface area contributed by atoms with Crippen molar-refractivity contribution in [2.45, 2.75) is 44.5 Å². The van der Waals surface area contributed by atoms with E-state index < -0.39 is 12.0 Å². The number of hydrogen-bond acceptors (Lipinski definition) is 7. The lowest BCUT2D eigenvalue weighted by Gasteiger charge is -2.27. The quantitative estimate of drug-likeness (QED) is 0.225. The van der Waals surface area contributed by atoms with E-state index in [9.17, 15) is 4.79 Å². The zero-order chi connectivity index (χ0) is 24.1. The number of fused-ring (bicyclic) bond motifs is 1. The number of allylic oxidation sites excluding steroid dienone is 1. The predicted octanol–water partition coefficient (Wildman–Crippen LogP) is 5.86. The third-order valence-electron chi connectivity index (χ3n) is 5.52. The summed E-state index contributed by atoms with van der Waals surface area (Å²) in [5.74, 6) is 1.84. The molecule has 7 nitrogen and oxygen atoms in total. The van der Waals surface area contributed by atoms with Gasteiger partial charge in [-0.05, 0) is 37.1 Å². The zero-order valence-electron chi connectivity index (χ0n) is 19.4. The number of hydrogen-bond donors (Lipinski definition) is 1. The molecular weight excluding hydrogens is 472 g/mol. The van der Waals surface area contributed by atoms with E-state index in [1.807, 2.05) is 55.5 Å². The number of nitrogens with one attached hydrogen (secondary N) is 1. The molecule has 0 aliphatic carbocycles. The Labute approximate surface area is 208 Å². The van der Waals surface area contributed by atoms with Gasteiger partial charge in [-0.2, -0.15) is 4.98 Å². The van der Waals surface area contributed by atoms with Crippen LogP contribution in [0.15, 0.2) is 65.0 Å². The first-order valence-electron chi connectivity index (χ1n) is 11.1. The highest BCUT2D eigenvalue weighted by atomic mass is 35.5. The van der Waals surface area contributed by atoms with Crippen molar-refractivity contribution in [2.75, 3.05) is 18.2 Å². The molecule has 0 bridgehead atoms. The number of aromatic nitrogens is 3. The highest BCUT2D eigenvalue weighted by Gasteiger charge is 2.35. The molecule has 0 amide bonds. The number of anilines is 1. The maximum absolute atomic E-state index is 12.7. The van der Waals surface area contributed by atoms with Crippen molar-refractivity contribution in [3.8, 4) is 5.75 Å². The number of unbranched alkanes of at least 4 members (excludes halogenated alkanes) is 1. The number of nitrogens with zero attached hydrogens (tertiary/aromatic N) is 3. The number of rotatable bonds is 9. The number of carbonyl (C=O) groups is 1. The first kappa shape index (κ1) is 24.2. The van der Waals surface area contributed by atoms with Crippen LogP contribution in [0.1, 0.15) is 43.9 Å². The summed E-state index contributed by atoms with van der Waals surface area (Å²) in [4.78, 5) is 17.4. The number of halogens is 1. The van der Waals surface area contributed by atoms with Gasteiger partial charge in [-0.15, -0.1) is 5.10 Å². The number of thioether (sulfide) groups is 1. The number of methoxy groups -OCH3 is 1. The monoisotopic (exact) mass is 498 g/mol. The molecule has 0 fully saturated rings. The van der Waals surface area contributed by atoms with Crippen molar-refractivity contribution < 1.29 is 14.3 Å². The average molecular weight is 499 g/mol. The lowest BCUT2D eigenvalue weighted by atomic mass is 9.96. The summed E-state index contributed by atoms with van der Waals surface area (Å²) < 4.78 is 12.8. The van der Waals surface area contributed by atoms with Crippen LogP contribution in [0, 0.1) is 0 Å². The third kappa shape index (κ3) is 5.23. The lowest BCUT2D eigenvalue weighted by Crippen LogP contribution is -2.29. The molecule has 2 heterocycles. The van der Waals surface area contributed by atoms with Crippen molar-refractivity contribution in [3.05, 3.63) is 76.0 Å². The fourth-order valence-electron chi connectivity index (χ4n) is 3.71. The maximum Gasteiger partial charge on any atom is 0.338 e. The first-order chi connectivity index (χ1) is 16.5. The van der Waals surface area contributed by atoms with Crippen molar-refractivity contribution in [1.82, 2.24) is 14.8 Å². The Bertz CT molecular complexity index is 1190. The van der Waals surface area contributed by atoms with Gasteiger partial charge in [0.15, 0.2) is 0 Å². The highest BCUT2D eigenvalue weighted by molar-refractivity contribution is 7.99. The molecule has 9 heteroatoms. The average Bonchev–Trinajstić information content (AvgIpc) is 3.25. The molecular formula is C25H27ClN4O3S. The Hall–Kier alpha value is -2.97. The van der Waals surface area contributed by atoms with Gasteiger partial charge in [-0.25, -0.2) is 9.48 Å². The summed E-state index contributed by atoms with van der Waals surface area (Å²) in [5.41, 5.74) is 2.98. The molecule has 34 heavy (non-hydrogen) atoms. The molecule has 1 aliphatic rings. The fourth-order valence-corrected chi connectivity index (χ4v) is 4.81. The molecule has 1 aliphatic heterocycles. The summed E-state index contributed by atoms with van der Waals surface area (Å²) in [6, 6.07) is 14.8. The molecule has 0 saturated carbocycles. The topological polar surface area (TPSA) is 78.3 Å². The molecule has 1 aromatic heterocycles. The molecule has 1 unspecified atom stereocenters. The molecule has 0 spiro atoms. The Morgan fingerprint density at radius 2 is 1.97 bits per heavy atom. The summed E-state index contributed by atoms with van der Waals surface area (Å²) in [6.07, 6.45) is 2.20. The van der Waals surface area contributed by atoms with Gasteiger partial charge in [-0.1, -0.05) is 67.0 Å². The molecule has 0 radical (unpaired) electrons. The molecule has 2 aromatic carbocycles. The van der Waals surface area contributed by atoms with E-state index in [1.54, 1.807) is 16.4 Å². The van der Waals surface area contributed by atoms with Gasteiger partial charge in [0.1, 0.15) is 18.4 Å². The number of carbonyl (C=O) groups excluding carboxylic acids is 1. The van der Waals surface area contributed by atoms with E-state index in [1.165, 1.54) is 7.11 Å². The molecule has 1 atom stereocenters. The Morgan fingerprint density at radius 3 is 2.68 bits per heavy atom. The Balaban J connectivity index is 1.61. The van der Waals surface area contributed by atoms with Gasteiger partial charge < -0.3 is 14.8 Å². The zero-order valence-corrected chi connectivity index (χ0v) is 20.9. The minimum atomic E-state index is -0.464. The van der Waals surface area contributed by atoms with Crippen molar-refractivity contribution in [1.29, 1.82) is 0 Å². The van der Waals surface area contributed by atoms with E-state index in [0.29, 0.717) is 39.8 Å². The van der Waals surface area contributed by atoms with Crippen molar-refractivity contribution >= 4 is 35.3 Å². The van der Waals surface area contributed by atoms with Gasteiger partial charge >= 0.3 is 5.97 Å². The second kappa shape index (κ2) is 11.0. The van der Waals surface area contributed by atoms with E-state index in [0.717, 1.165) is 29.7 Å². The molecule has 0 saturated heterocycles. The second-order valence-corrected chi connectivity index (χ2v) is 9.34. The van der Waals surface area contributed by atoms with Gasteiger partial charge in [0.2, 0.25) is 11.1 Å². The SMILES string of the molecule is CCCCSc1nc2n(n1)C(c1ccc(OCc3ccccc3Cl)cc1)C(C(=O)OC)=C(C)N2. The van der Waals surface area contributed by atoms with Gasteiger partial charge in [0, 0.05) is 22.0 Å². The van der Waals surface area contributed by atoms with Crippen LogP contribution in [0.4, 0.5) is 5.95 Å². The summed E-state index contributed by atoms with van der Waals surface area (Å²) in [6.45, 7) is 4.37. The van der Waals surface area contributed by atoms with Crippen LogP contribution >= 0.6 is 23.4 Å². The first-order valence-corrected chi connectivity index (χ1v) is 12.5. The van der Waals surface area contributed by atoms with E-state index in [4.69, 9.17) is 26.2 Å². The molecule has 178 valence electrons. The van der Waals surface area contributed by atoms with Gasteiger partial charge in [0.05, 0.1) is 12.7 Å². The van der Waals surface area contributed by atoms with E-state index in [-0.39, 0.29) is 0 Å². The number of ether oxygens (including phenoxy) is 2. The minimum absolute atomic E-state index is 0.365. The lowest BCUT2D eigenvalue weighted by molar-refractivity contribution is -0.136. The van der Waals surface area contributed by atoms with Crippen LogP contribution in [0.5, 0.6) is 5.75 Å². The van der Waals surface area contributed by atoms with Crippen LogP contribution in [-0.2, 0) is 16.1 Å². The van der Waals surface area contributed by atoms with E-state index >= 15 is 0 Å². The summed E-state index contributed by atoms with van der Waals surface area (Å²) >= 11 is 7.84. The van der Waals surface area contributed by atoms with Crippen LogP contribution < -0.4 is 10.1 Å². The van der Waals surface area contributed by atoms with Crippen LogP contribution in [0.25, 0.3) is 0 Å². The van der Waals surface area contributed by atoms with Crippen LogP contribution in [0.3, 0.4) is 0 Å². The number of benzene rings is 2. The molecule has 4 rings (SSSR count). The normalized spacial score (nSPS) is 15.0. The smallest absolute Gasteiger partial charge is 0.338 e. The second-order valence-electron chi connectivity index (χ2n) is 7.87. The van der Waals surface area contributed by atoms with Gasteiger partial charge in [0.25, 0.3) is 0 Å². The standard InChI is InChI=1S/C25H27ClN4O3S/c1-4-5-14-34-25-28-24-27-16(2)21(23(31)32-3)22(30(24)29-25)17-10-12-19(13-11-17)33-15-18-8-6-7-9-20(18)26/h6-13,22H,4-5,14-15H2,1-3H3,(H,27,28,29). The predicted molar refractivity (Wildman–Crippen MR) is 134 cm³/mol. The fraction of sp³-hybridized carbons (Fsp3) is 0.320. The third-order valence-corrected chi connectivity index (χ3v) is 6.81. The van der Waals surface area contributed by atoms with Gasteiger partial charge in [-0.3, -0.25) is 0 Å². The van der Waals surface area contributed by atoms with Crippen LogP contribution in [-0.4, -0.2) is 33.6 Å². The highest BCUT2D eigenvalue weighted by Crippen LogP contribution is 2.37. The Kier molecular flexibility index (Phi) is 7.80. The molecule has 1 N–H and O–H groups in total. The minimum Gasteiger partial charge on any atom is -0.489 e. The van der Waals surface area contributed by atoms with Crippen LogP contribution in [0.2, 0.25) is 5.02 Å². The summed E-state index contributed by atoms with van der Waals surface area (Å²) in [7, 11) is 1.38. The summed E-state index contributed by atoms with van der Waals surface area (Å²) in [5, 5.41) is 9.27. The van der Waals surface area contributed by atoms with Crippen molar-refractivity contribution in [3.63, 3.8) is 0 Å². The molecule has 3 aromatic rings. The van der Waals surface area contributed by atoms with E-state index in [2.05, 4.69) is 17.2 Å². The van der Waals surface area contributed by atoms with Crippen molar-refractivity contribution in [2.24, 2.45) is 0 Å². The number of esters is 1. The Morgan fingerprint density at radius 1 is 1.21 bits per heavy atom. The largest absolute Gasteiger partial charge is 0.489 e. The maximum atomic E-state index is 12.7.